The van der Waals surface area contributed by atoms with Crippen molar-refractivity contribution in [1.29, 1.82) is 0 Å². The smallest absolute Gasteiger partial charge is 0.338 e. The van der Waals surface area contributed by atoms with Gasteiger partial charge >= 0.3 is 5.97 Å². The number of carbonyl (C=O) groups is 1. The predicted octanol–water partition coefficient (Wildman–Crippen LogP) is 5.10. The lowest BCUT2D eigenvalue weighted by Gasteiger charge is -2.05. The molecule has 0 saturated heterocycles. The lowest BCUT2D eigenvalue weighted by Crippen LogP contribution is -2.06. The second-order valence-electron chi connectivity index (χ2n) is 4.73. The first kappa shape index (κ1) is 16.2. The van der Waals surface area contributed by atoms with Crippen molar-refractivity contribution >= 4 is 21.9 Å². The van der Waals surface area contributed by atoms with Gasteiger partial charge in [-0.15, -0.1) is 0 Å². The quantitative estimate of drug-likeness (QED) is 0.358. The van der Waals surface area contributed by atoms with Gasteiger partial charge in [0.05, 0.1) is 12.2 Å². The van der Waals surface area contributed by atoms with Crippen molar-refractivity contribution < 1.29 is 9.53 Å². The number of rotatable bonds is 9. The second-order valence-corrected chi connectivity index (χ2v) is 5.29. The molecule has 0 heterocycles. The zero-order valence-corrected chi connectivity index (χ0v) is 13.2. The lowest BCUT2D eigenvalue weighted by molar-refractivity contribution is 0.0497. The third kappa shape index (κ3) is 6.76. The molecule has 0 aliphatic heterocycles. The van der Waals surface area contributed by atoms with E-state index < -0.39 is 0 Å². The van der Waals surface area contributed by atoms with E-state index >= 15 is 0 Å². The summed E-state index contributed by atoms with van der Waals surface area (Å²) < 4.78 is 5.26. The van der Waals surface area contributed by atoms with Crippen molar-refractivity contribution in [1.82, 2.24) is 0 Å². The van der Waals surface area contributed by atoms with Gasteiger partial charge in [-0.2, -0.15) is 0 Å². The number of unbranched alkanes of at least 4 members (excludes halogenated alkanes) is 5. The topological polar surface area (TPSA) is 26.3 Å². The number of alkyl halides is 1. The SMILES string of the molecule is CCCCCCCCOC(=O)c1ccc(CBr)cc1. The molecule has 0 fully saturated rings. The number of hydrogen-bond donors (Lipinski definition) is 0. The number of benzene rings is 1. The van der Waals surface area contributed by atoms with Crippen molar-refractivity contribution in [2.24, 2.45) is 0 Å². The first-order valence-corrected chi connectivity index (χ1v) is 8.22. The minimum absolute atomic E-state index is 0.213. The molecule has 0 bridgehead atoms. The monoisotopic (exact) mass is 326 g/mol. The molecule has 0 aliphatic rings. The van der Waals surface area contributed by atoms with E-state index in [0.29, 0.717) is 12.2 Å². The molecule has 0 aromatic heterocycles. The first-order chi connectivity index (χ1) is 9.27. The van der Waals surface area contributed by atoms with Crippen molar-refractivity contribution in [3.63, 3.8) is 0 Å². The highest BCUT2D eigenvalue weighted by Crippen LogP contribution is 2.10. The van der Waals surface area contributed by atoms with Crippen LogP contribution in [0.25, 0.3) is 0 Å². The van der Waals surface area contributed by atoms with Gasteiger partial charge in [-0.3, -0.25) is 0 Å². The lowest BCUT2D eigenvalue weighted by atomic mass is 10.1. The minimum atomic E-state index is -0.213. The highest BCUT2D eigenvalue weighted by molar-refractivity contribution is 9.08. The zero-order valence-electron chi connectivity index (χ0n) is 11.7. The third-order valence-corrected chi connectivity index (χ3v) is 3.72. The Kier molecular flexibility index (Phi) is 8.55. The first-order valence-electron chi connectivity index (χ1n) is 7.10. The van der Waals surface area contributed by atoms with Crippen LogP contribution in [0.2, 0.25) is 0 Å². The summed E-state index contributed by atoms with van der Waals surface area (Å²) in [7, 11) is 0. The molecule has 0 aliphatic carbocycles. The van der Waals surface area contributed by atoms with Gasteiger partial charge in [0.15, 0.2) is 0 Å². The standard InChI is InChI=1S/C16H23BrO2/c1-2-3-4-5-6-7-12-19-16(18)15-10-8-14(13-17)9-11-15/h8-11H,2-7,12-13H2,1H3. The van der Waals surface area contributed by atoms with E-state index in [1.807, 2.05) is 24.3 Å². The van der Waals surface area contributed by atoms with E-state index in [1.54, 1.807) is 0 Å². The number of carbonyl (C=O) groups excluding carboxylic acids is 1. The summed E-state index contributed by atoms with van der Waals surface area (Å²) in [4.78, 5) is 11.7. The molecule has 0 saturated carbocycles. The molecule has 0 N–H and O–H groups in total. The molecule has 106 valence electrons. The number of esters is 1. The molecular weight excluding hydrogens is 304 g/mol. The van der Waals surface area contributed by atoms with Crippen LogP contribution in [0, 0.1) is 0 Å². The summed E-state index contributed by atoms with van der Waals surface area (Å²) in [5, 5.41) is 0.806. The van der Waals surface area contributed by atoms with E-state index in [1.165, 1.54) is 25.7 Å². The molecule has 0 unspecified atom stereocenters. The average molecular weight is 327 g/mol. The van der Waals surface area contributed by atoms with E-state index in [0.717, 1.165) is 23.7 Å². The zero-order chi connectivity index (χ0) is 13.9. The fourth-order valence-corrected chi connectivity index (χ4v) is 2.23. The number of halogens is 1. The maximum atomic E-state index is 11.7. The number of ether oxygens (including phenoxy) is 1. The predicted molar refractivity (Wildman–Crippen MR) is 82.7 cm³/mol. The average Bonchev–Trinajstić information content (AvgIpc) is 2.46. The highest BCUT2D eigenvalue weighted by atomic mass is 79.9. The fourth-order valence-electron chi connectivity index (χ4n) is 1.86. The number of hydrogen-bond acceptors (Lipinski definition) is 2. The summed E-state index contributed by atoms with van der Waals surface area (Å²) in [6.07, 6.45) is 7.22. The molecule has 2 nitrogen and oxygen atoms in total. The highest BCUT2D eigenvalue weighted by Gasteiger charge is 2.06. The van der Waals surface area contributed by atoms with E-state index in [4.69, 9.17) is 4.74 Å². The molecule has 19 heavy (non-hydrogen) atoms. The summed E-state index contributed by atoms with van der Waals surface area (Å²) >= 11 is 3.38. The van der Waals surface area contributed by atoms with Crippen molar-refractivity contribution in [2.45, 2.75) is 50.8 Å². The van der Waals surface area contributed by atoms with Gasteiger partial charge in [-0.05, 0) is 24.1 Å². The van der Waals surface area contributed by atoms with Crippen molar-refractivity contribution in [3.8, 4) is 0 Å². The van der Waals surface area contributed by atoms with Crippen LogP contribution in [0.15, 0.2) is 24.3 Å². The Hall–Kier alpha value is -0.830. The van der Waals surface area contributed by atoms with Crippen LogP contribution in [-0.2, 0) is 10.1 Å². The third-order valence-electron chi connectivity index (χ3n) is 3.07. The van der Waals surface area contributed by atoms with Crippen LogP contribution in [-0.4, -0.2) is 12.6 Å². The Morgan fingerprint density at radius 1 is 1.05 bits per heavy atom. The Balaban J connectivity index is 2.16. The molecule has 0 atom stereocenters. The molecule has 0 spiro atoms. The maximum Gasteiger partial charge on any atom is 0.338 e. The molecule has 1 rings (SSSR count). The molecule has 3 heteroatoms. The summed E-state index contributed by atoms with van der Waals surface area (Å²) in [5.41, 5.74) is 1.79. The summed E-state index contributed by atoms with van der Waals surface area (Å²) in [6, 6.07) is 7.52. The van der Waals surface area contributed by atoms with Crippen LogP contribution in [0.5, 0.6) is 0 Å². The normalized spacial score (nSPS) is 10.4. The Morgan fingerprint density at radius 3 is 2.32 bits per heavy atom. The van der Waals surface area contributed by atoms with E-state index in [-0.39, 0.29) is 5.97 Å². The fraction of sp³-hybridized carbons (Fsp3) is 0.562. The van der Waals surface area contributed by atoms with Gasteiger partial charge in [-0.1, -0.05) is 67.1 Å². The van der Waals surface area contributed by atoms with Crippen LogP contribution >= 0.6 is 15.9 Å². The van der Waals surface area contributed by atoms with Gasteiger partial charge in [0.2, 0.25) is 0 Å². The van der Waals surface area contributed by atoms with Crippen LogP contribution in [0.3, 0.4) is 0 Å². The largest absolute Gasteiger partial charge is 0.462 e. The van der Waals surface area contributed by atoms with Crippen LogP contribution in [0.4, 0.5) is 0 Å². The van der Waals surface area contributed by atoms with Gasteiger partial charge in [0.25, 0.3) is 0 Å². The van der Waals surface area contributed by atoms with Gasteiger partial charge < -0.3 is 4.74 Å². The van der Waals surface area contributed by atoms with Gasteiger partial charge in [0.1, 0.15) is 0 Å². The van der Waals surface area contributed by atoms with Crippen LogP contribution < -0.4 is 0 Å². The van der Waals surface area contributed by atoms with E-state index in [2.05, 4.69) is 22.9 Å². The Labute approximate surface area is 124 Å². The Bertz CT molecular complexity index is 360. The molecule has 0 amide bonds. The van der Waals surface area contributed by atoms with Gasteiger partial charge in [0, 0.05) is 5.33 Å². The Morgan fingerprint density at radius 2 is 1.68 bits per heavy atom. The maximum absolute atomic E-state index is 11.7. The molecule has 1 aromatic rings. The summed E-state index contributed by atoms with van der Waals surface area (Å²) in [5.74, 6) is -0.213. The minimum Gasteiger partial charge on any atom is -0.462 e. The summed E-state index contributed by atoms with van der Waals surface area (Å²) in [6.45, 7) is 2.74. The van der Waals surface area contributed by atoms with Gasteiger partial charge in [-0.25, -0.2) is 4.79 Å². The molecular formula is C16H23BrO2. The van der Waals surface area contributed by atoms with E-state index in [9.17, 15) is 4.79 Å². The molecule has 0 radical (unpaired) electrons. The van der Waals surface area contributed by atoms with Crippen molar-refractivity contribution in [2.75, 3.05) is 6.61 Å². The van der Waals surface area contributed by atoms with Crippen molar-refractivity contribution in [3.05, 3.63) is 35.4 Å². The second kappa shape index (κ2) is 10.0. The van der Waals surface area contributed by atoms with Crippen LogP contribution in [0.1, 0.15) is 61.4 Å². The molecule has 1 aromatic carbocycles.